The van der Waals surface area contributed by atoms with Gasteiger partial charge in [-0.1, -0.05) is 312 Å². The van der Waals surface area contributed by atoms with Gasteiger partial charge >= 0.3 is 0 Å². The third-order valence-corrected chi connectivity index (χ3v) is 35.0. The zero-order chi connectivity index (χ0) is 84.4. The Labute approximate surface area is 756 Å². The van der Waals surface area contributed by atoms with E-state index in [1.807, 2.05) is 68.0 Å². The van der Waals surface area contributed by atoms with E-state index in [0.29, 0.717) is 47.9 Å². The summed E-state index contributed by atoms with van der Waals surface area (Å²) in [5.41, 5.74) is 7.60. The smallest absolute Gasteiger partial charge is 0.261 e. The molecular weight excluding hydrogens is 1600 g/mol. The SMILES string of the molecule is CCCCCCCCC(CCCCCC)CN1CC2=C(c3ccc(-c4ccc(-c5ccc(-c6ccc(C)s6)s5)s4)s3)N(CC(CCCCCC)CCCCCCCC)C(=O)C2=C1c1ccc(-c2ccc(-c3ccc(C4=C5C(=O)N(CC(CCCCCC)CCCCCCCC)C(C)=C5C(=O)N4CC(CCCCCC)CCCCCCCC)s3)s2)s1. The molecule has 120 heavy (non-hydrogen) atoms. The van der Waals surface area contributed by atoms with Crippen molar-refractivity contribution in [1.29, 1.82) is 0 Å². The van der Waals surface area contributed by atoms with E-state index < -0.39 is 0 Å². The van der Waals surface area contributed by atoms with E-state index in [-0.39, 0.29) is 17.7 Å². The number of unbranched alkanes of at least 4 members (excludes halogenated alkanes) is 32. The summed E-state index contributed by atoms with van der Waals surface area (Å²) in [5, 5.41) is 0. The van der Waals surface area contributed by atoms with Crippen molar-refractivity contribution in [3.05, 3.63) is 132 Å². The van der Waals surface area contributed by atoms with Gasteiger partial charge in [-0.2, -0.15) is 0 Å². The fraction of sp³-hybridized carbons (Fsp3) is 0.632. The summed E-state index contributed by atoms with van der Waals surface area (Å²) in [6.07, 6.45) is 59.7. The molecule has 658 valence electrons. The third-order valence-electron chi connectivity index (χ3n) is 26.5. The molecule has 0 aliphatic carbocycles. The van der Waals surface area contributed by atoms with E-state index in [9.17, 15) is 0 Å². The van der Waals surface area contributed by atoms with Gasteiger partial charge < -0.3 is 19.6 Å². The molecule has 0 bridgehead atoms. The Kier molecular flexibility index (Phi) is 41.2. The van der Waals surface area contributed by atoms with Gasteiger partial charge in [0.2, 0.25) is 0 Å². The second-order valence-corrected chi connectivity index (χ2v) is 44.1. The fourth-order valence-electron chi connectivity index (χ4n) is 19.4. The van der Waals surface area contributed by atoms with Gasteiger partial charge in [0, 0.05) is 97.6 Å². The Bertz CT molecular complexity index is 4360. The lowest BCUT2D eigenvalue weighted by molar-refractivity contribution is -0.125. The second kappa shape index (κ2) is 51.6. The number of aryl methyl sites for hydroxylation is 1. The predicted molar refractivity (Wildman–Crippen MR) is 531 cm³/mol. The number of hydrogen-bond donors (Lipinski definition) is 0. The average Bonchev–Trinajstić information content (AvgIpc) is 1.57. The zero-order valence-electron chi connectivity index (χ0n) is 76.2. The van der Waals surface area contributed by atoms with E-state index in [1.165, 1.54) is 356 Å². The topological polar surface area (TPSA) is 64.2 Å². The third kappa shape index (κ3) is 26.8. The van der Waals surface area contributed by atoms with Crippen LogP contribution in [0.2, 0.25) is 0 Å². The van der Waals surface area contributed by atoms with Crippen LogP contribution in [-0.4, -0.2) is 70.0 Å². The highest BCUT2D eigenvalue weighted by atomic mass is 32.1. The summed E-state index contributed by atoms with van der Waals surface area (Å²) in [6, 6.07) is 32.5. The summed E-state index contributed by atoms with van der Waals surface area (Å²) in [5.74, 6) is 2.04. The molecule has 4 atom stereocenters. The minimum atomic E-state index is 0.0399. The number of fused-ring (bicyclic) bond motifs is 2. The number of hydrogen-bond acceptors (Lipinski definition) is 11. The van der Waals surface area contributed by atoms with E-state index in [0.717, 1.165) is 73.6 Å². The molecular formula is C106H154N4O3S7. The van der Waals surface area contributed by atoms with E-state index >= 15 is 14.4 Å². The molecule has 0 N–H and O–H groups in total. The Morgan fingerprint density at radius 2 is 0.475 bits per heavy atom. The van der Waals surface area contributed by atoms with E-state index in [2.05, 4.69) is 174 Å². The van der Waals surface area contributed by atoms with Crippen LogP contribution in [0.5, 0.6) is 0 Å². The Hall–Kier alpha value is -4.93. The maximum Gasteiger partial charge on any atom is 0.261 e. The summed E-state index contributed by atoms with van der Waals surface area (Å²) >= 11 is 13.1. The quantitative estimate of drug-likeness (QED) is 0.0356. The van der Waals surface area contributed by atoms with Crippen LogP contribution in [0.3, 0.4) is 0 Å². The lowest BCUT2D eigenvalue weighted by Gasteiger charge is -2.30. The normalized spacial score (nSPS) is 15.5. The minimum absolute atomic E-state index is 0.0399. The molecule has 0 radical (unpaired) electrons. The maximum atomic E-state index is 16.6. The van der Waals surface area contributed by atoms with Crippen molar-refractivity contribution in [1.82, 2.24) is 19.6 Å². The molecule has 14 heteroatoms. The second-order valence-electron chi connectivity index (χ2n) is 36.3. The molecule has 11 heterocycles. The first-order chi connectivity index (χ1) is 58.8. The number of thiophene rings is 7. The molecule has 4 unspecified atom stereocenters. The van der Waals surface area contributed by atoms with Crippen molar-refractivity contribution in [2.75, 3.05) is 32.7 Å². The summed E-state index contributed by atoms with van der Waals surface area (Å²) in [4.78, 5) is 74.8. The number of rotatable bonds is 64. The van der Waals surface area contributed by atoms with Crippen LogP contribution in [0.25, 0.3) is 65.9 Å². The average molecular weight is 1760 g/mol. The predicted octanol–water partition coefficient (Wildman–Crippen LogP) is 35.1. The van der Waals surface area contributed by atoms with Crippen molar-refractivity contribution in [3.8, 4) is 48.8 Å². The number of amides is 3. The molecule has 0 saturated heterocycles. The zero-order valence-corrected chi connectivity index (χ0v) is 82.0. The summed E-state index contributed by atoms with van der Waals surface area (Å²) in [7, 11) is 0. The number of nitrogens with zero attached hydrogens (tertiary/aromatic N) is 4. The molecule has 11 rings (SSSR count). The number of allylic oxidation sites excluding steroid dienone is 1. The molecule has 7 aromatic heterocycles. The van der Waals surface area contributed by atoms with Crippen molar-refractivity contribution >= 4 is 114 Å². The molecule has 7 aromatic rings. The van der Waals surface area contributed by atoms with Crippen LogP contribution < -0.4 is 0 Å². The summed E-state index contributed by atoms with van der Waals surface area (Å²) < 4.78 is 0. The lowest BCUT2D eigenvalue weighted by Crippen LogP contribution is -2.34. The number of carbonyl (C=O) groups is 3. The van der Waals surface area contributed by atoms with Crippen molar-refractivity contribution in [2.45, 2.75) is 377 Å². The molecule has 0 spiro atoms. The largest absolute Gasteiger partial charge is 0.365 e. The van der Waals surface area contributed by atoms with Gasteiger partial charge in [-0.25, -0.2) is 0 Å². The maximum absolute atomic E-state index is 16.6. The van der Waals surface area contributed by atoms with E-state index in [1.54, 1.807) is 11.3 Å². The molecule has 0 saturated carbocycles. The lowest BCUT2D eigenvalue weighted by atomic mass is 9.93. The first-order valence-electron chi connectivity index (χ1n) is 49.2. The van der Waals surface area contributed by atoms with Crippen molar-refractivity contribution in [3.63, 3.8) is 0 Å². The van der Waals surface area contributed by atoms with Gasteiger partial charge in [-0.3, -0.25) is 14.4 Å². The van der Waals surface area contributed by atoms with Gasteiger partial charge in [0.15, 0.2) is 0 Å². The minimum Gasteiger partial charge on any atom is -0.365 e. The molecule has 3 amide bonds. The monoisotopic (exact) mass is 1760 g/mol. The Morgan fingerprint density at radius 1 is 0.242 bits per heavy atom. The fourth-order valence-corrected chi connectivity index (χ4v) is 27.0. The standard InChI is InChI=1S/C106H154N4O3S7/c1-11-19-27-35-39-47-52-80(51-43-31-23-15-5)73-107-77-84-99(105(112)109(75-82(54-45-33-25-17-7)57-49-41-37-29-21-13-3)101(84)95-70-67-92(118-95)89-64-63-88(116-89)87-62-61-86(115-87)85-60-59-78(9)114-85)102(107)96-71-68-93(119-96)90-65-66-91(117-90)94-69-72-97(120-94)103-100-98(104(111)110(103)76-83(55-46-34-26-18-8)58-50-42-38-30-22-14-4)79(10)108(106(100)113)74-81(53-44-32-24-16-6)56-48-40-36-28-20-12-2/h59-72,80-83H,11-58,73-77H2,1-10H3. The highest BCUT2D eigenvalue weighted by molar-refractivity contribution is 7.29. The highest BCUT2D eigenvalue weighted by Gasteiger charge is 2.49. The van der Waals surface area contributed by atoms with Crippen LogP contribution in [0.1, 0.15) is 390 Å². The van der Waals surface area contributed by atoms with E-state index in [4.69, 9.17) is 0 Å². The van der Waals surface area contributed by atoms with Crippen LogP contribution in [0, 0.1) is 30.6 Å². The van der Waals surface area contributed by atoms with Crippen molar-refractivity contribution < 1.29 is 14.4 Å². The first-order valence-corrected chi connectivity index (χ1v) is 54.9. The molecule has 4 aliphatic rings. The molecule has 4 aliphatic heterocycles. The highest BCUT2D eigenvalue weighted by Crippen LogP contribution is 2.54. The van der Waals surface area contributed by atoms with Crippen LogP contribution in [0.4, 0.5) is 0 Å². The molecule has 7 nitrogen and oxygen atoms in total. The molecule has 0 aromatic carbocycles. The van der Waals surface area contributed by atoms with Crippen LogP contribution in [-0.2, 0) is 14.4 Å². The Morgan fingerprint density at radius 3 is 0.800 bits per heavy atom. The van der Waals surface area contributed by atoms with Gasteiger partial charge in [0.1, 0.15) is 0 Å². The Balaban J connectivity index is 0.955. The molecule has 0 fully saturated rings. The van der Waals surface area contributed by atoms with Gasteiger partial charge in [-0.15, -0.1) is 79.4 Å². The number of carbonyl (C=O) groups excluding carboxylic acids is 3. The van der Waals surface area contributed by atoms with Crippen LogP contribution in [0.15, 0.2) is 113 Å². The van der Waals surface area contributed by atoms with Crippen molar-refractivity contribution in [2.24, 2.45) is 23.7 Å². The van der Waals surface area contributed by atoms with Gasteiger partial charge in [-0.05, 0) is 174 Å². The first kappa shape index (κ1) is 95.7. The van der Waals surface area contributed by atoms with Gasteiger partial charge in [0.05, 0.1) is 48.4 Å². The van der Waals surface area contributed by atoms with Gasteiger partial charge in [0.25, 0.3) is 17.7 Å². The summed E-state index contributed by atoms with van der Waals surface area (Å²) in [6.45, 7) is 26.6. The van der Waals surface area contributed by atoms with Crippen LogP contribution >= 0.6 is 79.4 Å².